The topological polar surface area (TPSA) is 58.6 Å². The number of hydrogen-bond acceptors (Lipinski definition) is 3. The number of carbonyl (C=O) groups is 2. The molecule has 1 N–H and O–H groups in total. The molecule has 2 aromatic carbocycles. The Kier molecular flexibility index (Phi) is 6.72. The van der Waals surface area contributed by atoms with Crippen molar-refractivity contribution in [3.63, 3.8) is 0 Å². The van der Waals surface area contributed by atoms with Crippen LogP contribution in [0.2, 0.25) is 0 Å². The monoisotopic (exact) mass is 358 g/mol. The van der Waals surface area contributed by atoms with Crippen LogP contribution in [0.3, 0.4) is 0 Å². The van der Waals surface area contributed by atoms with Crippen LogP contribution in [0.5, 0.6) is 5.75 Å². The van der Waals surface area contributed by atoms with E-state index in [1.807, 2.05) is 13.8 Å². The third-order valence-electron chi connectivity index (χ3n) is 3.95. The fourth-order valence-corrected chi connectivity index (χ4v) is 2.40. The van der Waals surface area contributed by atoms with Crippen molar-refractivity contribution in [1.29, 1.82) is 0 Å². The molecule has 0 fully saturated rings. The van der Waals surface area contributed by atoms with Crippen LogP contribution < -0.4 is 10.1 Å². The SMILES string of the molecule is CCN(CC)C(=O)c1ccc(NC(=O)[C@H](C)Oc2ccc(F)cc2)cc1. The van der Waals surface area contributed by atoms with Gasteiger partial charge in [-0.05, 0) is 69.3 Å². The number of amides is 2. The average molecular weight is 358 g/mol. The molecule has 2 aromatic rings. The largest absolute Gasteiger partial charge is 0.481 e. The number of nitrogens with zero attached hydrogens (tertiary/aromatic N) is 1. The fraction of sp³-hybridized carbons (Fsp3) is 0.300. The lowest BCUT2D eigenvalue weighted by Gasteiger charge is -2.19. The van der Waals surface area contributed by atoms with Gasteiger partial charge in [-0.15, -0.1) is 0 Å². The molecule has 6 heteroatoms. The van der Waals surface area contributed by atoms with Crippen LogP contribution >= 0.6 is 0 Å². The van der Waals surface area contributed by atoms with Crippen molar-refractivity contribution in [1.82, 2.24) is 4.90 Å². The molecule has 0 aromatic heterocycles. The van der Waals surface area contributed by atoms with Gasteiger partial charge in [0.2, 0.25) is 0 Å². The lowest BCUT2D eigenvalue weighted by molar-refractivity contribution is -0.122. The van der Waals surface area contributed by atoms with E-state index < -0.39 is 6.10 Å². The summed E-state index contributed by atoms with van der Waals surface area (Å²) in [5, 5.41) is 2.73. The number of halogens is 1. The van der Waals surface area contributed by atoms with Crippen molar-refractivity contribution >= 4 is 17.5 Å². The zero-order chi connectivity index (χ0) is 19.1. The Morgan fingerprint density at radius 2 is 1.62 bits per heavy atom. The Labute approximate surface area is 152 Å². The van der Waals surface area contributed by atoms with Gasteiger partial charge in [0.15, 0.2) is 6.10 Å². The fourth-order valence-electron chi connectivity index (χ4n) is 2.40. The number of rotatable bonds is 7. The molecule has 0 saturated heterocycles. The van der Waals surface area contributed by atoms with Gasteiger partial charge in [0.05, 0.1) is 0 Å². The van der Waals surface area contributed by atoms with Gasteiger partial charge in [0, 0.05) is 24.3 Å². The summed E-state index contributed by atoms with van der Waals surface area (Å²) in [6.45, 7) is 6.76. The maximum absolute atomic E-state index is 12.9. The van der Waals surface area contributed by atoms with E-state index >= 15 is 0 Å². The molecular weight excluding hydrogens is 335 g/mol. The molecule has 5 nitrogen and oxygen atoms in total. The smallest absolute Gasteiger partial charge is 0.265 e. The molecule has 0 aliphatic heterocycles. The van der Waals surface area contributed by atoms with Gasteiger partial charge in [0.1, 0.15) is 11.6 Å². The molecule has 2 rings (SSSR count). The van der Waals surface area contributed by atoms with Gasteiger partial charge in [-0.1, -0.05) is 0 Å². The van der Waals surface area contributed by atoms with E-state index in [1.165, 1.54) is 24.3 Å². The molecule has 26 heavy (non-hydrogen) atoms. The molecule has 0 radical (unpaired) electrons. The van der Waals surface area contributed by atoms with E-state index in [2.05, 4.69) is 5.32 Å². The first kappa shape index (κ1) is 19.4. The highest BCUT2D eigenvalue weighted by atomic mass is 19.1. The van der Waals surface area contributed by atoms with Gasteiger partial charge in [0.25, 0.3) is 11.8 Å². The van der Waals surface area contributed by atoms with E-state index in [1.54, 1.807) is 36.1 Å². The van der Waals surface area contributed by atoms with E-state index in [0.29, 0.717) is 30.1 Å². The third kappa shape index (κ3) is 5.05. The highest BCUT2D eigenvalue weighted by Gasteiger charge is 2.16. The second kappa shape index (κ2) is 8.99. The minimum atomic E-state index is -0.752. The lowest BCUT2D eigenvalue weighted by Crippen LogP contribution is -2.31. The van der Waals surface area contributed by atoms with Crippen molar-refractivity contribution < 1.29 is 18.7 Å². The van der Waals surface area contributed by atoms with E-state index in [0.717, 1.165) is 0 Å². The van der Waals surface area contributed by atoms with Gasteiger partial charge in [-0.2, -0.15) is 0 Å². The molecule has 2 amide bonds. The maximum Gasteiger partial charge on any atom is 0.265 e. The first-order valence-electron chi connectivity index (χ1n) is 8.57. The Bertz CT molecular complexity index is 741. The van der Waals surface area contributed by atoms with Crippen LogP contribution in [0, 0.1) is 5.82 Å². The summed E-state index contributed by atoms with van der Waals surface area (Å²) >= 11 is 0. The molecule has 0 aliphatic carbocycles. The van der Waals surface area contributed by atoms with E-state index in [4.69, 9.17) is 4.74 Å². The molecule has 0 bridgehead atoms. The standard InChI is InChI=1S/C20H23FN2O3/c1-4-23(5-2)20(25)15-6-10-17(11-7-15)22-19(24)14(3)26-18-12-8-16(21)9-13-18/h6-14H,4-5H2,1-3H3,(H,22,24)/t14-/m0/s1. The zero-order valence-corrected chi connectivity index (χ0v) is 15.2. The molecule has 0 heterocycles. The van der Waals surface area contributed by atoms with Gasteiger partial charge in [-0.25, -0.2) is 4.39 Å². The minimum absolute atomic E-state index is 0.0408. The number of carbonyl (C=O) groups excluding carboxylic acids is 2. The Morgan fingerprint density at radius 3 is 2.15 bits per heavy atom. The van der Waals surface area contributed by atoms with Crippen LogP contribution in [-0.4, -0.2) is 35.9 Å². The number of hydrogen-bond donors (Lipinski definition) is 1. The Balaban J connectivity index is 1.96. The quantitative estimate of drug-likeness (QED) is 0.821. The second-order valence-corrected chi connectivity index (χ2v) is 5.76. The summed E-state index contributed by atoms with van der Waals surface area (Å²) in [6.07, 6.45) is -0.752. The highest BCUT2D eigenvalue weighted by molar-refractivity contribution is 5.96. The molecule has 0 aliphatic rings. The van der Waals surface area contributed by atoms with Crippen molar-refractivity contribution in [3.8, 4) is 5.75 Å². The van der Waals surface area contributed by atoms with Crippen LogP contribution in [0.25, 0.3) is 0 Å². The predicted octanol–water partition coefficient (Wildman–Crippen LogP) is 3.71. The number of benzene rings is 2. The normalized spacial score (nSPS) is 11.5. The average Bonchev–Trinajstić information content (AvgIpc) is 2.65. The molecule has 0 spiro atoms. The van der Waals surface area contributed by atoms with Crippen LogP contribution in [0.1, 0.15) is 31.1 Å². The van der Waals surface area contributed by atoms with E-state index in [-0.39, 0.29) is 17.6 Å². The lowest BCUT2D eigenvalue weighted by atomic mass is 10.1. The minimum Gasteiger partial charge on any atom is -0.481 e. The van der Waals surface area contributed by atoms with Gasteiger partial charge in [-0.3, -0.25) is 9.59 Å². The first-order valence-corrected chi connectivity index (χ1v) is 8.57. The first-order chi connectivity index (χ1) is 12.4. The van der Waals surface area contributed by atoms with Crippen LogP contribution in [0.15, 0.2) is 48.5 Å². The van der Waals surface area contributed by atoms with E-state index in [9.17, 15) is 14.0 Å². The van der Waals surface area contributed by atoms with Gasteiger partial charge < -0.3 is 15.0 Å². The van der Waals surface area contributed by atoms with Crippen LogP contribution in [0.4, 0.5) is 10.1 Å². The van der Waals surface area contributed by atoms with Crippen molar-refractivity contribution in [2.75, 3.05) is 18.4 Å². The Hall–Kier alpha value is -2.89. The third-order valence-corrected chi connectivity index (χ3v) is 3.95. The predicted molar refractivity (Wildman–Crippen MR) is 98.8 cm³/mol. The Morgan fingerprint density at radius 1 is 1.04 bits per heavy atom. The van der Waals surface area contributed by atoms with Crippen LogP contribution in [-0.2, 0) is 4.79 Å². The van der Waals surface area contributed by atoms with Crippen molar-refractivity contribution in [2.45, 2.75) is 26.9 Å². The number of nitrogens with one attached hydrogen (secondary N) is 1. The molecule has 0 saturated carbocycles. The van der Waals surface area contributed by atoms with Gasteiger partial charge >= 0.3 is 0 Å². The molecule has 0 unspecified atom stereocenters. The summed E-state index contributed by atoms with van der Waals surface area (Å²) in [5.74, 6) is -0.332. The zero-order valence-electron chi connectivity index (χ0n) is 15.2. The summed E-state index contributed by atoms with van der Waals surface area (Å²) in [6, 6.07) is 12.2. The molecule has 1 atom stereocenters. The molecular formula is C20H23FN2O3. The maximum atomic E-state index is 12.9. The van der Waals surface area contributed by atoms with Crippen molar-refractivity contribution in [2.24, 2.45) is 0 Å². The van der Waals surface area contributed by atoms with Crippen molar-refractivity contribution in [3.05, 3.63) is 59.9 Å². The summed E-state index contributed by atoms with van der Waals surface area (Å²) in [5.41, 5.74) is 1.14. The molecule has 138 valence electrons. The second-order valence-electron chi connectivity index (χ2n) is 5.76. The summed E-state index contributed by atoms with van der Waals surface area (Å²) in [7, 11) is 0. The summed E-state index contributed by atoms with van der Waals surface area (Å²) < 4.78 is 18.4. The highest BCUT2D eigenvalue weighted by Crippen LogP contribution is 2.15. The summed E-state index contributed by atoms with van der Waals surface area (Å²) in [4.78, 5) is 26.2. The number of anilines is 1. The number of ether oxygens (including phenoxy) is 1.